The van der Waals surface area contributed by atoms with Gasteiger partial charge in [0.2, 0.25) is 17.5 Å². The first-order valence-electron chi connectivity index (χ1n) is 15.4. The average molecular weight is 639 g/mol. The number of nitrogens with zero attached hydrogens (tertiary/aromatic N) is 3. The number of carbonyl (C=O) groups excluding carboxylic acids is 3. The molecule has 3 fully saturated rings. The van der Waals surface area contributed by atoms with Gasteiger partial charge in [-0.3, -0.25) is 24.2 Å². The molecule has 0 spiro atoms. The molecule has 2 aromatic rings. The van der Waals surface area contributed by atoms with Gasteiger partial charge in [0.05, 0.1) is 16.6 Å². The van der Waals surface area contributed by atoms with Gasteiger partial charge in [-0.05, 0) is 77.3 Å². The first-order valence-corrected chi connectivity index (χ1v) is 16.2. The Kier molecular flexibility index (Phi) is 6.64. The van der Waals surface area contributed by atoms with Gasteiger partial charge in [-0.25, -0.2) is 0 Å². The summed E-state index contributed by atoms with van der Waals surface area (Å²) in [5.74, 6) is -1.06. The number of rotatable bonds is 5. The molecular weight excluding hydrogens is 598 g/mol. The van der Waals surface area contributed by atoms with Crippen molar-refractivity contribution in [2.24, 2.45) is 17.8 Å². The van der Waals surface area contributed by atoms with Crippen LogP contribution < -0.4 is 5.32 Å². The topological polar surface area (TPSA) is 98.0 Å². The Morgan fingerprint density at radius 2 is 2.02 bits per heavy atom. The molecule has 1 aromatic carbocycles. The van der Waals surface area contributed by atoms with Crippen LogP contribution >= 0.6 is 15.9 Å². The van der Waals surface area contributed by atoms with Crippen molar-refractivity contribution in [3.05, 3.63) is 40.0 Å². The maximum Gasteiger partial charge on any atom is 0.279 e. The molecule has 5 heterocycles. The number of ether oxygens (including phenoxy) is 1. The molecule has 3 amide bonds. The molecule has 3 saturated heterocycles. The molecule has 10 heteroatoms. The number of halogens is 1. The molecule has 1 aromatic heterocycles. The largest absolute Gasteiger partial charge is 0.349 e. The number of nitrogens with one attached hydrogen (secondary N) is 2. The fraction of sp³-hybridized carbons (Fsp3) is 0.594. The van der Waals surface area contributed by atoms with Crippen LogP contribution in [0.25, 0.3) is 16.5 Å². The van der Waals surface area contributed by atoms with Crippen LogP contribution in [0.1, 0.15) is 58.1 Å². The number of hydrogen-bond acceptors (Lipinski definition) is 5. The summed E-state index contributed by atoms with van der Waals surface area (Å²) in [7, 11) is 2.07. The van der Waals surface area contributed by atoms with Gasteiger partial charge in [0, 0.05) is 36.0 Å². The highest BCUT2D eigenvalue weighted by Crippen LogP contribution is 2.45. The normalized spacial score (nSPS) is 32.5. The zero-order chi connectivity index (χ0) is 29.7. The lowest BCUT2D eigenvalue weighted by atomic mass is 9.79. The van der Waals surface area contributed by atoms with Crippen LogP contribution in [-0.4, -0.2) is 87.6 Å². The number of likely N-dealkylation sites (N-methyl/N-ethyl adjacent to an activating group) is 1. The van der Waals surface area contributed by atoms with E-state index < -0.39 is 23.9 Å². The molecule has 6 atom stereocenters. The van der Waals surface area contributed by atoms with E-state index in [1.54, 1.807) is 4.90 Å². The molecule has 4 aliphatic heterocycles. The van der Waals surface area contributed by atoms with Crippen LogP contribution in [0.5, 0.6) is 0 Å². The van der Waals surface area contributed by atoms with E-state index in [9.17, 15) is 14.4 Å². The van der Waals surface area contributed by atoms with Crippen molar-refractivity contribution >= 4 is 50.1 Å². The first kappa shape index (κ1) is 28.1. The van der Waals surface area contributed by atoms with Gasteiger partial charge in [0.15, 0.2) is 6.23 Å². The molecule has 9 nitrogen and oxygen atoms in total. The number of fused-ring (bicyclic) bond motifs is 5. The third kappa shape index (κ3) is 3.97. The monoisotopic (exact) mass is 637 g/mol. The summed E-state index contributed by atoms with van der Waals surface area (Å²) >= 11 is 3.72. The van der Waals surface area contributed by atoms with E-state index in [-0.39, 0.29) is 41.6 Å². The number of amides is 3. The van der Waals surface area contributed by atoms with Crippen molar-refractivity contribution < 1.29 is 19.1 Å². The quantitative estimate of drug-likeness (QED) is 0.519. The number of piperazine rings is 1. The molecule has 0 radical (unpaired) electrons. The van der Waals surface area contributed by atoms with E-state index in [4.69, 9.17) is 4.74 Å². The van der Waals surface area contributed by atoms with Gasteiger partial charge < -0.3 is 19.9 Å². The summed E-state index contributed by atoms with van der Waals surface area (Å²) in [5, 5.41) is 4.34. The van der Waals surface area contributed by atoms with E-state index in [1.165, 1.54) is 10.9 Å². The molecule has 0 unspecified atom stereocenters. The summed E-state index contributed by atoms with van der Waals surface area (Å²) in [6.45, 7) is 9.19. The van der Waals surface area contributed by atoms with Gasteiger partial charge in [0.1, 0.15) is 6.04 Å². The van der Waals surface area contributed by atoms with Crippen LogP contribution in [0.2, 0.25) is 0 Å². The van der Waals surface area contributed by atoms with Gasteiger partial charge in [-0.1, -0.05) is 45.9 Å². The van der Waals surface area contributed by atoms with Crippen LogP contribution in [0.15, 0.2) is 28.9 Å². The van der Waals surface area contributed by atoms with E-state index >= 15 is 0 Å². The van der Waals surface area contributed by atoms with Crippen molar-refractivity contribution in [1.82, 2.24) is 25.0 Å². The van der Waals surface area contributed by atoms with Crippen molar-refractivity contribution in [2.45, 2.75) is 83.5 Å². The predicted molar refractivity (Wildman–Crippen MR) is 163 cm³/mol. The lowest BCUT2D eigenvalue weighted by molar-refractivity contribution is -0.172. The number of carbonyl (C=O) groups is 3. The second-order valence-electron chi connectivity index (χ2n) is 13.5. The molecule has 2 N–H and O–H groups in total. The Hall–Kier alpha value is -2.69. The highest BCUT2D eigenvalue weighted by molar-refractivity contribution is 9.10. The highest BCUT2D eigenvalue weighted by atomic mass is 79.9. The van der Waals surface area contributed by atoms with Gasteiger partial charge in [0.25, 0.3) is 5.91 Å². The molecule has 0 saturated carbocycles. The molecule has 1 aliphatic carbocycles. The third-order valence-electron chi connectivity index (χ3n) is 10.2. The van der Waals surface area contributed by atoms with Gasteiger partial charge >= 0.3 is 0 Å². The van der Waals surface area contributed by atoms with Crippen molar-refractivity contribution in [2.75, 3.05) is 20.1 Å². The maximum atomic E-state index is 14.4. The summed E-state index contributed by atoms with van der Waals surface area (Å²) in [6, 6.07) is 5.67. The Morgan fingerprint density at radius 3 is 2.76 bits per heavy atom. The Morgan fingerprint density at radius 1 is 1.24 bits per heavy atom. The van der Waals surface area contributed by atoms with Crippen LogP contribution in [0, 0.1) is 17.8 Å². The van der Waals surface area contributed by atoms with Crippen LogP contribution in [0.4, 0.5) is 0 Å². The molecule has 5 aliphatic rings. The molecule has 7 rings (SSSR count). The molecule has 224 valence electrons. The minimum Gasteiger partial charge on any atom is -0.349 e. The number of hydrogen-bond donors (Lipinski definition) is 2. The number of aromatic nitrogens is 1. The van der Waals surface area contributed by atoms with E-state index in [1.807, 2.05) is 24.8 Å². The Balaban J connectivity index is 1.23. The standard InChI is InChI=1S/C32H40BrN5O4/c1-16(2)12-25-29(40)37-11-7-10-23(37)30-38(25)31(41)32(42-30,17(3)4)35-28(39)18-13-20-19-8-6-9-22-26(19)21(27(33)34-22)14-24(20)36(5)15-18/h6,8-9,13,16-18,23-25,30,34H,7,10-12,14-15H2,1-5H3,(H,35,39)/t18-,23+,24+,25+,30+,32-/m0/s1. The van der Waals surface area contributed by atoms with E-state index in [2.05, 4.69) is 70.2 Å². The van der Waals surface area contributed by atoms with Crippen molar-refractivity contribution in [3.63, 3.8) is 0 Å². The number of H-pyrrole nitrogens is 1. The van der Waals surface area contributed by atoms with E-state index in [0.29, 0.717) is 19.5 Å². The van der Waals surface area contributed by atoms with Gasteiger partial charge in [-0.2, -0.15) is 0 Å². The second kappa shape index (κ2) is 9.92. The average Bonchev–Trinajstić information content (AvgIpc) is 3.63. The molecule has 42 heavy (non-hydrogen) atoms. The fourth-order valence-electron chi connectivity index (χ4n) is 8.07. The number of benzene rings is 1. The van der Waals surface area contributed by atoms with E-state index in [0.717, 1.165) is 40.5 Å². The summed E-state index contributed by atoms with van der Waals surface area (Å²) in [4.78, 5) is 51.4. The van der Waals surface area contributed by atoms with Crippen LogP contribution in [0.3, 0.4) is 0 Å². The van der Waals surface area contributed by atoms with Gasteiger partial charge in [-0.15, -0.1) is 0 Å². The SMILES string of the molecule is CC(C)C[C@@H]1C(=O)N2CCC[C@@H]2[C@H]2O[C@@](NC(=O)[C@H]3C=C4c5cccc6[nH]c(Br)c(c56)C[C@H]4N(C)C3)(C(C)C)C(=O)N12. The first-order chi connectivity index (χ1) is 20.0. The fourth-order valence-corrected chi connectivity index (χ4v) is 8.64. The van der Waals surface area contributed by atoms with Crippen molar-refractivity contribution in [1.29, 1.82) is 0 Å². The minimum atomic E-state index is -1.52. The predicted octanol–water partition coefficient (Wildman–Crippen LogP) is 3.87. The third-order valence-corrected chi connectivity index (χ3v) is 10.8. The maximum absolute atomic E-state index is 14.4. The lowest BCUT2D eigenvalue weighted by Crippen LogP contribution is -2.65. The van der Waals surface area contributed by atoms with Crippen LogP contribution in [-0.2, 0) is 25.5 Å². The van der Waals surface area contributed by atoms with Crippen molar-refractivity contribution in [3.8, 4) is 0 Å². The Labute approximate surface area is 255 Å². The summed E-state index contributed by atoms with van der Waals surface area (Å²) in [5.41, 5.74) is 3.12. The second-order valence-corrected chi connectivity index (χ2v) is 14.3. The molecular formula is C32H40BrN5O4. The highest BCUT2D eigenvalue weighted by Gasteiger charge is 2.64. The molecule has 0 bridgehead atoms. The minimum absolute atomic E-state index is 0.0113. The number of aromatic amines is 1. The summed E-state index contributed by atoms with van der Waals surface area (Å²) in [6.07, 6.45) is 4.65. The zero-order valence-corrected chi connectivity index (χ0v) is 26.5. The Bertz CT molecular complexity index is 1520. The summed E-state index contributed by atoms with van der Waals surface area (Å²) < 4.78 is 7.71. The lowest BCUT2D eigenvalue weighted by Gasteiger charge is -2.44. The smallest absolute Gasteiger partial charge is 0.279 e. The zero-order valence-electron chi connectivity index (χ0n) is 24.9.